The van der Waals surface area contributed by atoms with Gasteiger partial charge in [-0.3, -0.25) is 0 Å². The molecule has 0 N–H and O–H groups in total. The molecule has 10 aromatic carbocycles. The van der Waals surface area contributed by atoms with Crippen molar-refractivity contribution in [3.63, 3.8) is 0 Å². The van der Waals surface area contributed by atoms with Crippen LogP contribution >= 0.6 is 21.8 Å². The van der Waals surface area contributed by atoms with Crippen LogP contribution in [0.3, 0.4) is 0 Å². The minimum Gasteiger partial charge on any atom is -0.744 e. The van der Waals surface area contributed by atoms with Crippen molar-refractivity contribution in [3.8, 4) is 0 Å². The molecule has 0 unspecified atom stereocenters. The molecule has 0 aliphatic rings. The molecule has 0 aliphatic carbocycles. The fourth-order valence-corrected chi connectivity index (χ4v) is 24.9. The summed E-state index contributed by atoms with van der Waals surface area (Å²) in [7, 11) is -9.66. The van der Waals surface area contributed by atoms with E-state index in [0.717, 1.165) is 0 Å². The minimum atomic E-state index is -4.95. The van der Waals surface area contributed by atoms with Crippen LogP contribution in [0.2, 0.25) is 0 Å². The van der Waals surface area contributed by atoms with Gasteiger partial charge in [-0.15, -0.1) is 0 Å². The second kappa shape index (κ2) is 32.6. The predicted molar refractivity (Wildman–Crippen MR) is 358 cm³/mol. The number of carbonyl (C=O) groups is 2. The number of hydrogen-bond acceptors (Lipinski definition) is 7. The van der Waals surface area contributed by atoms with Crippen LogP contribution in [0.5, 0.6) is 0 Å². The summed E-state index contributed by atoms with van der Waals surface area (Å²) < 4.78 is 31.8. The Labute approximate surface area is 506 Å². The van der Waals surface area contributed by atoms with E-state index in [-0.39, 0.29) is 0 Å². The van der Waals surface area contributed by atoms with Crippen molar-refractivity contribution in [3.05, 3.63) is 302 Å². The number of aromatic carboxylic acids is 2. The second-order valence-corrected chi connectivity index (χ2v) is 32.7. The van der Waals surface area contributed by atoms with Crippen LogP contribution in [0.4, 0.5) is 0 Å². The van der Waals surface area contributed by atoms with Gasteiger partial charge in [0, 0.05) is 0 Å². The van der Waals surface area contributed by atoms with Crippen molar-refractivity contribution >= 4 is 91.6 Å². The molecule has 0 fully saturated rings. The third-order valence-corrected chi connectivity index (χ3v) is 29.4. The van der Waals surface area contributed by atoms with E-state index < -0.39 is 59.9 Å². The summed E-state index contributed by atoms with van der Waals surface area (Å²) in [5, 5.41) is 34.3. The fraction of sp³-hybridized carbons (Fsp3) is 0.162. The zero-order valence-corrected chi connectivity index (χ0v) is 52.2. The number of carboxylic acid groups (broad SMARTS) is 2. The maximum absolute atomic E-state index is 10.6. The van der Waals surface area contributed by atoms with Crippen molar-refractivity contribution < 1.29 is 32.8 Å². The van der Waals surface area contributed by atoms with E-state index in [1.807, 2.05) is 0 Å². The summed E-state index contributed by atoms with van der Waals surface area (Å²) in [5.41, 5.74) is -1.45. The highest BCUT2D eigenvalue weighted by molar-refractivity contribution is 7.96. The van der Waals surface area contributed by atoms with Gasteiger partial charge in [-0.05, 0) is 158 Å². The largest absolute Gasteiger partial charge is 0.744 e. The van der Waals surface area contributed by atoms with E-state index >= 15 is 0 Å². The zero-order valence-electron chi connectivity index (χ0n) is 48.7. The summed E-state index contributed by atoms with van der Waals surface area (Å²) >= 11 is 0. The standard InChI is InChI=1S/3C22H24P.C8H6O7S/c3*1-2-3-19-23(20-13-7-4-8-14-20,21-15-9-5-10-16-21)22-17-11-6-12-18-22;9-7(10)4-1-5(8(11)12)3-6(2-4)16(13,14)15/h3*4-18H,2-3,19H2,1H3;1-3H,(H,9,10)(H,11,12)(H,13,14,15)/q3*+1;/p-3. The summed E-state index contributed by atoms with van der Waals surface area (Å²) in [5.74, 6) is -3.60. The SMILES string of the molecule is CCCC[P+](c1ccccc1)(c1ccccc1)c1ccccc1.CCCC[P+](c1ccccc1)(c1ccccc1)c1ccccc1.CCCC[P+](c1ccccc1)(c1ccccc1)c1ccccc1.O=C([O-])c1cc(C(=O)[O-])cc(S(=O)(=O)[O-])c1. The van der Waals surface area contributed by atoms with E-state index in [1.165, 1.54) is 105 Å². The van der Waals surface area contributed by atoms with Crippen molar-refractivity contribution in [1.82, 2.24) is 0 Å². The maximum Gasteiger partial charge on any atom is 0.124 e. The first kappa shape index (κ1) is 64.9. The lowest BCUT2D eigenvalue weighted by atomic mass is 10.1. The monoisotopic (exact) mass is 1200 g/mol. The first-order valence-electron chi connectivity index (χ1n) is 29.0. The Hall–Kier alpha value is -7.66. The molecule has 10 rings (SSSR count). The molecule has 0 saturated carbocycles. The quantitative estimate of drug-likeness (QED) is 0.0516. The molecule has 0 saturated heterocycles. The number of rotatable bonds is 21. The number of benzene rings is 10. The third-order valence-electron chi connectivity index (χ3n) is 15.0. The molecule has 0 radical (unpaired) electrons. The number of hydrogen-bond donors (Lipinski definition) is 0. The molecule has 85 heavy (non-hydrogen) atoms. The van der Waals surface area contributed by atoms with Gasteiger partial charge in [0.1, 0.15) is 79.6 Å². The highest BCUT2D eigenvalue weighted by Crippen LogP contribution is 2.58. The van der Waals surface area contributed by atoms with E-state index in [4.69, 9.17) is 0 Å². The number of carbonyl (C=O) groups excluding carboxylic acids is 2. The molecule has 0 heterocycles. The van der Waals surface area contributed by atoms with Crippen molar-refractivity contribution in [2.75, 3.05) is 18.5 Å². The van der Waals surface area contributed by atoms with Gasteiger partial charge in [-0.25, -0.2) is 8.42 Å². The Morgan fingerprint density at radius 2 is 0.471 bits per heavy atom. The Morgan fingerprint density at radius 1 is 0.306 bits per heavy atom. The van der Waals surface area contributed by atoms with Gasteiger partial charge in [-0.1, -0.05) is 204 Å². The molecule has 0 bridgehead atoms. The molecule has 0 atom stereocenters. The fourth-order valence-electron chi connectivity index (χ4n) is 10.8. The molecule has 11 heteroatoms. The van der Waals surface area contributed by atoms with E-state index in [9.17, 15) is 32.8 Å². The predicted octanol–water partition coefficient (Wildman–Crippen LogP) is 11.7. The summed E-state index contributed by atoms with van der Waals surface area (Å²) in [4.78, 5) is 19.9. The molecule has 0 aliphatic heterocycles. The van der Waals surface area contributed by atoms with Crippen molar-refractivity contribution in [1.29, 1.82) is 0 Å². The average Bonchev–Trinajstić information content (AvgIpc) is 3.68. The second-order valence-electron chi connectivity index (χ2n) is 20.5. The highest BCUT2D eigenvalue weighted by atomic mass is 32.2. The number of unbranched alkanes of at least 4 members (excludes halogenated alkanes) is 3. The van der Waals surface area contributed by atoms with E-state index in [1.54, 1.807) is 0 Å². The van der Waals surface area contributed by atoms with Crippen LogP contribution < -0.4 is 58.0 Å². The Morgan fingerprint density at radius 3 is 0.600 bits per heavy atom. The lowest BCUT2D eigenvalue weighted by molar-refractivity contribution is -0.255. The average molecular weight is 1200 g/mol. The van der Waals surface area contributed by atoms with E-state index in [2.05, 4.69) is 294 Å². The summed E-state index contributed by atoms with van der Waals surface area (Å²) in [6, 6.07) is 102. The van der Waals surface area contributed by atoms with Crippen LogP contribution in [-0.2, 0) is 10.1 Å². The van der Waals surface area contributed by atoms with Gasteiger partial charge in [0.25, 0.3) is 0 Å². The zero-order chi connectivity index (χ0) is 60.4. The Kier molecular flexibility index (Phi) is 24.9. The molecule has 0 spiro atoms. The normalized spacial score (nSPS) is 11.3. The molecular formula is C74H75O7P3S. The topological polar surface area (TPSA) is 137 Å². The molecule has 434 valence electrons. The maximum atomic E-state index is 10.6. The first-order chi connectivity index (χ1) is 41.3. The lowest BCUT2D eigenvalue weighted by Gasteiger charge is -2.27. The van der Waals surface area contributed by atoms with Gasteiger partial charge in [0.15, 0.2) is 0 Å². The highest BCUT2D eigenvalue weighted by Gasteiger charge is 2.46. The number of carboxylic acids is 2. The van der Waals surface area contributed by atoms with Gasteiger partial charge < -0.3 is 24.4 Å². The van der Waals surface area contributed by atoms with Crippen LogP contribution in [-0.4, -0.2) is 43.4 Å². The van der Waals surface area contributed by atoms with Gasteiger partial charge in [0.05, 0.1) is 35.3 Å². The lowest BCUT2D eigenvalue weighted by Crippen LogP contribution is -2.33. The van der Waals surface area contributed by atoms with Crippen LogP contribution in [0.1, 0.15) is 80.0 Å². The molecular weight excluding hydrogens is 1130 g/mol. The molecule has 10 aromatic rings. The van der Waals surface area contributed by atoms with E-state index in [0.29, 0.717) is 18.2 Å². The van der Waals surface area contributed by atoms with Crippen LogP contribution in [0.15, 0.2) is 296 Å². The van der Waals surface area contributed by atoms with Gasteiger partial charge in [0.2, 0.25) is 0 Å². The summed E-state index contributed by atoms with van der Waals surface area (Å²) in [6.45, 7) is 6.86. The smallest absolute Gasteiger partial charge is 0.124 e. The van der Waals surface area contributed by atoms with Gasteiger partial charge in [-0.2, -0.15) is 0 Å². The van der Waals surface area contributed by atoms with Crippen molar-refractivity contribution in [2.24, 2.45) is 0 Å². The Balaban J connectivity index is 0.000000164. The minimum absolute atomic E-state index is 0.518. The molecule has 0 amide bonds. The molecule has 0 aromatic heterocycles. The van der Waals surface area contributed by atoms with Gasteiger partial charge >= 0.3 is 0 Å². The first-order valence-corrected chi connectivity index (χ1v) is 36.4. The van der Waals surface area contributed by atoms with Crippen molar-refractivity contribution in [2.45, 2.75) is 64.2 Å². The molecule has 7 nitrogen and oxygen atoms in total. The third kappa shape index (κ3) is 16.6. The summed E-state index contributed by atoms with van der Waals surface area (Å²) in [6.07, 6.45) is 11.2. The van der Waals surface area contributed by atoms with Crippen LogP contribution in [0.25, 0.3) is 0 Å². The Bertz CT molecular complexity index is 3050. The van der Waals surface area contributed by atoms with Crippen LogP contribution in [0, 0.1) is 0 Å².